The Bertz CT molecular complexity index is 459. The van der Waals surface area contributed by atoms with Crippen molar-refractivity contribution in [2.75, 3.05) is 25.1 Å². The van der Waals surface area contributed by atoms with Gasteiger partial charge in [-0.15, -0.1) is 0 Å². The minimum absolute atomic E-state index is 0.589. The fourth-order valence-corrected chi connectivity index (χ4v) is 3.69. The molecule has 0 amide bonds. The Balaban J connectivity index is 2.33. The second kappa shape index (κ2) is 5.53. The van der Waals surface area contributed by atoms with Crippen LogP contribution in [0.4, 0.5) is 5.69 Å². The van der Waals surface area contributed by atoms with Crippen molar-refractivity contribution in [1.29, 1.82) is 5.26 Å². The normalized spacial score (nSPS) is 23.6. The SMILES string of the molecule is COc1ccc(C#N)c(N2CC(C)SC(C)C2)c1. The van der Waals surface area contributed by atoms with Gasteiger partial charge in [0.15, 0.2) is 0 Å². The molecule has 1 heterocycles. The first-order chi connectivity index (χ1) is 8.63. The van der Waals surface area contributed by atoms with Gasteiger partial charge in [-0.3, -0.25) is 0 Å². The minimum Gasteiger partial charge on any atom is -0.497 e. The zero-order valence-corrected chi connectivity index (χ0v) is 11.8. The molecule has 0 aliphatic carbocycles. The van der Waals surface area contributed by atoms with Crippen molar-refractivity contribution in [3.8, 4) is 11.8 Å². The van der Waals surface area contributed by atoms with E-state index in [2.05, 4.69) is 24.8 Å². The molecule has 2 atom stereocenters. The second-order valence-electron chi connectivity index (χ2n) is 4.66. The topological polar surface area (TPSA) is 36.3 Å². The molecule has 0 radical (unpaired) electrons. The standard InChI is InChI=1S/C14H18N2OS/c1-10-8-16(9-11(2)18-10)14-6-13(17-3)5-4-12(14)7-15/h4-6,10-11H,8-9H2,1-3H3. The highest BCUT2D eigenvalue weighted by atomic mass is 32.2. The van der Waals surface area contributed by atoms with Crippen molar-refractivity contribution in [2.24, 2.45) is 0 Å². The van der Waals surface area contributed by atoms with Crippen molar-refractivity contribution in [3.63, 3.8) is 0 Å². The largest absolute Gasteiger partial charge is 0.497 e. The maximum atomic E-state index is 9.22. The van der Waals surface area contributed by atoms with Gasteiger partial charge in [-0.05, 0) is 12.1 Å². The molecule has 0 bridgehead atoms. The predicted octanol–water partition coefficient (Wildman–Crippen LogP) is 2.90. The number of hydrogen-bond donors (Lipinski definition) is 0. The van der Waals surface area contributed by atoms with E-state index in [1.54, 1.807) is 7.11 Å². The number of thioether (sulfide) groups is 1. The molecule has 1 aromatic rings. The number of nitriles is 1. The third kappa shape index (κ3) is 2.73. The first kappa shape index (κ1) is 13.1. The van der Waals surface area contributed by atoms with Gasteiger partial charge in [0.05, 0.1) is 18.4 Å². The quantitative estimate of drug-likeness (QED) is 0.821. The molecule has 1 aliphatic heterocycles. The predicted molar refractivity (Wildman–Crippen MR) is 76.4 cm³/mol. The maximum Gasteiger partial charge on any atom is 0.121 e. The van der Waals surface area contributed by atoms with Gasteiger partial charge in [-0.25, -0.2) is 0 Å². The Hall–Kier alpha value is -1.34. The Kier molecular flexibility index (Phi) is 4.03. The lowest BCUT2D eigenvalue weighted by Crippen LogP contribution is -2.40. The molecule has 0 spiro atoms. The monoisotopic (exact) mass is 262 g/mol. The molecular formula is C14H18N2OS. The lowest BCUT2D eigenvalue weighted by atomic mass is 10.1. The highest BCUT2D eigenvalue weighted by Crippen LogP contribution is 2.32. The fourth-order valence-electron chi connectivity index (χ4n) is 2.37. The van der Waals surface area contributed by atoms with Crippen LogP contribution in [0.1, 0.15) is 19.4 Å². The van der Waals surface area contributed by atoms with Gasteiger partial charge in [0.25, 0.3) is 0 Å². The van der Waals surface area contributed by atoms with E-state index in [1.807, 2.05) is 30.0 Å². The number of nitrogens with zero attached hydrogens (tertiary/aromatic N) is 2. The molecule has 96 valence electrons. The third-order valence-electron chi connectivity index (χ3n) is 3.09. The van der Waals surface area contributed by atoms with Crippen molar-refractivity contribution >= 4 is 17.4 Å². The molecule has 2 unspecified atom stereocenters. The summed E-state index contributed by atoms with van der Waals surface area (Å²) in [6.45, 7) is 6.44. The van der Waals surface area contributed by atoms with Crippen molar-refractivity contribution in [3.05, 3.63) is 23.8 Å². The zero-order valence-electron chi connectivity index (χ0n) is 11.0. The molecule has 4 heteroatoms. The summed E-state index contributed by atoms with van der Waals surface area (Å²) in [5, 5.41) is 10.4. The summed E-state index contributed by atoms with van der Waals surface area (Å²) in [6.07, 6.45) is 0. The van der Waals surface area contributed by atoms with E-state index in [0.29, 0.717) is 10.5 Å². The minimum atomic E-state index is 0.589. The lowest BCUT2D eigenvalue weighted by Gasteiger charge is -2.36. The molecule has 1 saturated heterocycles. The van der Waals surface area contributed by atoms with Gasteiger partial charge in [0.2, 0.25) is 0 Å². The average Bonchev–Trinajstić information content (AvgIpc) is 2.36. The Morgan fingerprint density at radius 1 is 1.33 bits per heavy atom. The van der Waals surface area contributed by atoms with Crippen LogP contribution in [0, 0.1) is 11.3 Å². The summed E-state index contributed by atoms with van der Waals surface area (Å²) in [4.78, 5) is 2.30. The summed E-state index contributed by atoms with van der Waals surface area (Å²) in [7, 11) is 1.66. The smallest absolute Gasteiger partial charge is 0.121 e. The molecular weight excluding hydrogens is 244 g/mol. The summed E-state index contributed by atoms with van der Waals surface area (Å²) < 4.78 is 5.26. The van der Waals surface area contributed by atoms with Crippen molar-refractivity contribution in [2.45, 2.75) is 24.3 Å². The Labute approximate surface area is 113 Å². The molecule has 1 fully saturated rings. The van der Waals surface area contributed by atoms with Gasteiger partial charge in [-0.2, -0.15) is 17.0 Å². The van der Waals surface area contributed by atoms with Crippen LogP contribution >= 0.6 is 11.8 Å². The van der Waals surface area contributed by atoms with E-state index >= 15 is 0 Å². The average molecular weight is 262 g/mol. The van der Waals surface area contributed by atoms with Crippen LogP contribution in [-0.2, 0) is 0 Å². The summed E-state index contributed by atoms with van der Waals surface area (Å²) >= 11 is 2.01. The van der Waals surface area contributed by atoms with Crippen LogP contribution in [0.5, 0.6) is 5.75 Å². The van der Waals surface area contributed by atoms with E-state index in [-0.39, 0.29) is 0 Å². The van der Waals surface area contributed by atoms with Gasteiger partial charge in [-0.1, -0.05) is 13.8 Å². The fraction of sp³-hybridized carbons (Fsp3) is 0.500. The van der Waals surface area contributed by atoms with E-state index in [9.17, 15) is 5.26 Å². The highest BCUT2D eigenvalue weighted by molar-refractivity contribution is 8.00. The van der Waals surface area contributed by atoms with E-state index in [4.69, 9.17) is 4.74 Å². The molecule has 0 aromatic heterocycles. The van der Waals surface area contributed by atoms with Gasteiger partial charge in [0, 0.05) is 29.7 Å². The molecule has 1 aliphatic rings. The Morgan fingerprint density at radius 2 is 2.00 bits per heavy atom. The zero-order chi connectivity index (χ0) is 13.1. The second-order valence-corrected chi connectivity index (χ2v) is 6.54. The molecule has 3 nitrogen and oxygen atoms in total. The van der Waals surface area contributed by atoms with Crippen LogP contribution in [0.3, 0.4) is 0 Å². The molecule has 2 rings (SSSR count). The van der Waals surface area contributed by atoms with Crippen molar-refractivity contribution in [1.82, 2.24) is 0 Å². The van der Waals surface area contributed by atoms with Crippen LogP contribution in [0.15, 0.2) is 18.2 Å². The maximum absolute atomic E-state index is 9.22. The van der Waals surface area contributed by atoms with Gasteiger partial charge in [0.1, 0.15) is 11.8 Å². The number of anilines is 1. The van der Waals surface area contributed by atoms with Gasteiger partial charge < -0.3 is 9.64 Å². The van der Waals surface area contributed by atoms with Crippen LogP contribution in [0.2, 0.25) is 0 Å². The lowest BCUT2D eigenvalue weighted by molar-refractivity contribution is 0.414. The van der Waals surface area contributed by atoms with Crippen LogP contribution in [-0.4, -0.2) is 30.7 Å². The first-order valence-electron chi connectivity index (χ1n) is 6.12. The van der Waals surface area contributed by atoms with Crippen LogP contribution < -0.4 is 9.64 Å². The molecule has 18 heavy (non-hydrogen) atoms. The number of benzene rings is 1. The first-order valence-corrected chi connectivity index (χ1v) is 7.07. The van der Waals surface area contributed by atoms with E-state index < -0.39 is 0 Å². The number of ether oxygens (including phenoxy) is 1. The van der Waals surface area contributed by atoms with E-state index in [0.717, 1.165) is 30.1 Å². The number of hydrogen-bond acceptors (Lipinski definition) is 4. The molecule has 1 aromatic carbocycles. The van der Waals surface area contributed by atoms with Crippen LogP contribution in [0.25, 0.3) is 0 Å². The summed E-state index contributed by atoms with van der Waals surface area (Å²) in [5.74, 6) is 0.808. The summed E-state index contributed by atoms with van der Waals surface area (Å²) in [5.41, 5.74) is 1.72. The Morgan fingerprint density at radius 3 is 2.56 bits per heavy atom. The highest BCUT2D eigenvalue weighted by Gasteiger charge is 2.24. The van der Waals surface area contributed by atoms with Gasteiger partial charge >= 0.3 is 0 Å². The molecule has 0 N–H and O–H groups in total. The number of methoxy groups -OCH3 is 1. The van der Waals surface area contributed by atoms with Crippen molar-refractivity contribution < 1.29 is 4.74 Å². The molecule has 0 saturated carbocycles. The van der Waals surface area contributed by atoms with E-state index in [1.165, 1.54) is 0 Å². The summed E-state index contributed by atoms with van der Waals surface area (Å²) in [6, 6.07) is 7.92. The third-order valence-corrected chi connectivity index (χ3v) is 4.31. The number of rotatable bonds is 2.